The largest absolute Gasteiger partial charge is 0.464 e. The summed E-state index contributed by atoms with van der Waals surface area (Å²) in [6.07, 6.45) is 0.251. The SMILES string of the molecule is COC(=O)C1=NOc2c(Cl)ccc(Cl)c2C1. The monoisotopic (exact) mass is 259 g/mol. The summed E-state index contributed by atoms with van der Waals surface area (Å²) in [7, 11) is 1.28. The first-order valence-electron chi connectivity index (χ1n) is 4.42. The van der Waals surface area contributed by atoms with Crippen LogP contribution in [0.4, 0.5) is 0 Å². The summed E-state index contributed by atoms with van der Waals surface area (Å²) >= 11 is 11.9. The van der Waals surface area contributed by atoms with Gasteiger partial charge in [-0.3, -0.25) is 0 Å². The van der Waals surface area contributed by atoms with Gasteiger partial charge in [-0.05, 0) is 12.1 Å². The van der Waals surface area contributed by atoms with Crippen LogP contribution in [0.1, 0.15) is 5.56 Å². The average molecular weight is 260 g/mol. The maximum atomic E-state index is 11.3. The van der Waals surface area contributed by atoms with E-state index in [9.17, 15) is 4.79 Å². The fourth-order valence-corrected chi connectivity index (χ4v) is 1.79. The Morgan fingerprint density at radius 2 is 2.12 bits per heavy atom. The molecule has 0 radical (unpaired) electrons. The van der Waals surface area contributed by atoms with Crippen molar-refractivity contribution in [3.05, 3.63) is 27.7 Å². The molecule has 0 fully saturated rings. The molecular formula is C10H7Cl2NO3. The van der Waals surface area contributed by atoms with Crippen LogP contribution in [-0.2, 0) is 16.0 Å². The van der Waals surface area contributed by atoms with Gasteiger partial charge in [0.05, 0.1) is 12.1 Å². The lowest BCUT2D eigenvalue weighted by molar-refractivity contribution is -0.133. The van der Waals surface area contributed by atoms with Gasteiger partial charge in [0.25, 0.3) is 0 Å². The number of rotatable bonds is 1. The number of ether oxygens (including phenoxy) is 1. The summed E-state index contributed by atoms with van der Waals surface area (Å²) in [6, 6.07) is 3.26. The van der Waals surface area contributed by atoms with E-state index in [0.717, 1.165) is 0 Å². The fourth-order valence-electron chi connectivity index (χ4n) is 1.37. The highest BCUT2D eigenvalue weighted by Gasteiger charge is 2.24. The van der Waals surface area contributed by atoms with Gasteiger partial charge in [-0.1, -0.05) is 28.4 Å². The molecule has 16 heavy (non-hydrogen) atoms. The van der Waals surface area contributed by atoms with Crippen LogP contribution in [0, 0.1) is 0 Å². The topological polar surface area (TPSA) is 47.9 Å². The van der Waals surface area contributed by atoms with Crippen molar-refractivity contribution in [1.29, 1.82) is 0 Å². The van der Waals surface area contributed by atoms with Gasteiger partial charge >= 0.3 is 5.97 Å². The Morgan fingerprint density at radius 3 is 2.81 bits per heavy atom. The van der Waals surface area contributed by atoms with E-state index < -0.39 is 5.97 Å². The van der Waals surface area contributed by atoms with Crippen LogP contribution in [0.5, 0.6) is 5.75 Å². The molecule has 0 unspecified atom stereocenters. The van der Waals surface area contributed by atoms with Crippen LogP contribution in [0.3, 0.4) is 0 Å². The average Bonchev–Trinajstić information content (AvgIpc) is 2.32. The van der Waals surface area contributed by atoms with Crippen molar-refractivity contribution in [2.45, 2.75) is 6.42 Å². The second-order valence-electron chi connectivity index (χ2n) is 3.13. The van der Waals surface area contributed by atoms with Gasteiger partial charge in [0.15, 0.2) is 11.5 Å². The van der Waals surface area contributed by atoms with Crippen molar-refractivity contribution in [1.82, 2.24) is 0 Å². The summed E-state index contributed by atoms with van der Waals surface area (Å²) in [6.45, 7) is 0. The molecule has 0 aromatic heterocycles. The van der Waals surface area contributed by atoms with Crippen molar-refractivity contribution in [3.63, 3.8) is 0 Å². The first-order valence-corrected chi connectivity index (χ1v) is 5.18. The van der Waals surface area contributed by atoms with E-state index in [0.29, 0.717) is 21.4 Å². The molecule has 1 aliphatic rings. The molecule has 84 valence electrons. The van der Waals surface area contributed by atoms with Crippen molar-refractivity contribution in [2.75, 3.05) is 7.11 Å². The van der Waals surface area contributed by atoms with Crippen molar-refractivity contribution in [2.24, 2.45) is 5.16 Å². The van der Waals surface area contributed by atoms with E-state index in [1.165, 1.54) is 7.11 Å². The molecule has 1 aromatic carbocycles. The van der Waals surface area contributed by atoms with Crippen LogP contribution in [-0.4, -0.2) is 18.8 Å². The Labute approximate surface area is 102 Å². The Hall–Kier alpha value is -1.26. The quantitative estimate of drug-likeness (QED) is 0.728. The number of carbonyl (C=O) groups excluding carboxylic acids is 1. The lowest BCUT2D eigenvalue weighted by Crippen LogP contribution is -2.22. The number of oxime groups is 1. The highest BCUT2D eigenvalue weighted by atomic mass is 35.5. The molecule has 1 heterocycles. The predicted octanol–water partition coefficient (Wildman–Crippen LogP) is 2.46. The third kappa shape index (κ3) is 1.86. The molecule has 2 rings (SSSR count). The number of fused-ring (bicyclic) bond motifs is 1. The number of hydrogen-bond donors (Lipinski definition) is 0. The number of carbonyl (C=O) groups is 1. The highest BCUT2D eigenvalue weighted by molar-refractivity contribution is 6.39. The van der Waals surface area contributed by atoms with Gasteiger partial charge in [-0.2, -0.15) is 0 Å². The van der Waals surface area contributed by atoms with E-state index in [-0.39, 0.29) is 12.1 Å². The highest BCUT2D eigenvalue weighted by Crippen LogP contribution is 2.36. The first-order chi connectivity index (χ1) is 7.63. The van der Waals surface area contributed by atoms with Gasteiger partial charge in [0, 0.05) is 17.0 Å². The Kier molecular flexibility index (Phi) is 3.03. The molecule has 0 saturated heterocycles. The third-order valence-corrected chi connectivity index (χ3v) is 2.82. The number of methoxy groups -OCH3 is 1. The Balaban J connectivity index is 2.40. The lowest BCUT2D eigenvalue weighted by Gasteiger charge is -2.16. The molecule has 1 aliphatic heterocycles. The second-order valence-corrected chi connectivity index (χ2v) is 3.95. The molecule has 0 spiro atoms. The standard InChI is InChI=1S/C10H7Cl2NO3/c1-15-10(14)8-4-5-6(11)2-3-7(12)9(5)16-13-8/h2-3H,4H2,1H3. The van der Waals surface area contributed by atoms with Gasteiger partial charge < -0.3 is 9.57 Å². The second kappa shape index (κ2) is 4.31. The fraction of sp³-hybridized carbons (Fsp3) is 0.200. The van der Waals surface area contributed by atoms with Crippen LogP contribution >= 0.6 is 23.2 Å². The van der Waals surface area contributed by atoms with E-state index in [1.807, 2.05) is 0 Å². The normalized spacial score (nSPS) is 13.6. The maximum absolute atomic E-state index is 11.3. The van der Waals surface area contributed by atoms with Crippen molar-refractivity contribution >= 4 is 34.9 Å². The molecule has 0 bridgehead atoms. The molecule has 1 aromatic rings. The minimum absolute atomic E-state index is 0.166. The number of benzene rings is 1. The molecule has 6 heteroatoms. The first kappa shape index (κ1) is 11.2. The third-order valence-electron chi connectivity index (χ3n) is 2.17. The number of hydrogen-bond acceptors (Lipinski definition) is 4. The molecule has 0 N–H and O–H groups in total. The van der Waals surface area contributed by atoms with Crippen LogP contribution in [0.25, 0.3) is 0 Å². The molecule has 0 atom stereocenters. The van der Waals surface area contributed by atoms with Crippen LogP contribution in [0.2, 0.25) is 10.0 Å². The van der Waals surface area contributed by atoms with Crippen LogP contribution < -0.4 is 4.84 Å². The molecule has 0 amide bonds. The number of esters is 1. The zero-order valence-corrected chi connectivity index (χ0v) is 9.80. The summed E-state index contributed by atoms with van der Waals surface area (Å²) in [5, 5.41) is 4.53. The van der Waals surface area contributed by atoms with Crippen molar-refractivity contribution < 1.29 is 14.4 Å². The van der Waals surface area contributed by atoms with E-state index in [2.05, 4.69) is 9.89 Å². The lowest BCUT2D eigenvalue weighted by atomic mass is 10.1. The maximum Gasteiger partial charge on any atom is 0.356 e. The summed E-state index contributed by atoms with van der Waals surface area (Å²) < 4.78 is 4.55. The van der Waals surface area contributed by atoms with E-state index >= 15 is 0 Å². The molecule has 4 nitrogen and oxygen atoms in total. The van der Waals surface area contributed by atoms with Gasteiger partial charge in [-0.25, -0.2) is 4.79 Å². The van der Waals surface area contributed by atoms with Crippen molar-refractivity contribution in [3.8, 4) is 5.75 Å². The zero-order valence-electron chi connectivity index (χ0n) is 8.29. The smallest absolute Gasteiger partial charge is 0.356 e. The van der Waals surface area contributed by atoms with Gasteiger partial charge in [-0.15, -0.1) is 0 Å². The minimum atomic E-state index is -0.540. The molecule has 0 saturated carbocycles. The summed E-state index contributed by atoms with van der Waals surface area (Å²) in [4.78, 5) is 16.3. The number of halogens is 2. The van der Waals surface area contributed by atoms with E-state index in [1.54, 1.807) is 12.1 Å². The number of nitrogens with zero attached hydrogens (tertiary/aromatic N) is 1. The molecular weight excluding hydrogens is 253 g/mol. The Bertz CT molecular complexity index is 485. The predicted molar refractivity (Wildman–Crippen MR) is 60.2 cm³/mol. The van der Waals surface area contributed by atoms with Gasteiger partial charge in [0.2, 0.25) is 0 Å². The zero-order chi connectivity index (χ0) is 11.7. The van der Waals surface area contributed by atoms with Gasteiger partial charge in [0.1, 0.15) is 0 Å². The van der Waals surface area contributed by atoms with Crippen LogP contribution in [0.15, 0.2) is 17.3 Å². The minimum Gasteiger partial charge on any atom is -0.464 e. The molecule has 0 aliphatic carbocycles. The Morgan fingerprint density at radius 1 is 1.44 bits per heavy atom. The summed E-state index contributed by atoms with van der Waals surface area (Å²) in [5.41, 5.74) is 0.809. The van der Waals surface area contributed by atoms with E-state index in [4.69, 9.17) is 28.0 Å². The summed E-state index contributed by atoms with van der Waals surface area (Å²) in [5.74, 6) is -0.150.